The molecule has 0 amide bonds. The van der Waals surface area contributed by atoms with Gasteiger partial charge in [0.2, 0.25) is 0 Å². The lowest BCUT2D eigenvalue weighted by molar-refractivity contribution is 0.712. The number of hydrogen-bond donors (Lipinski definition) is 2. The fraction of sp³-hybridized carbons (Fsp3) is 0.375. The molecular weight excluding hydrogens is 220 g/mol. The summed E-state index contributed by atoms with van der Waals surface area (Å²) in [5.74, 6) is 1.06. The first-order chi connectivity index (χ1) is 8.74. The monoisotopic (exact) mass is 242 g/mol. The molecule has 2 heteroatoms. The van der Waals surface area contributed by atoms with E-state index in [2.05, 4.69) is 36.4 Å². The molecule has 2 rings (SSSR count). The van der Waals surface area contributed by atoms with Crippen LogP contribution in [-0.4, -0.2) is 11.5 Å². The average molecular weight is 242 g/mol. The van der Waals surface area contributed by atoms with Crippen molar-refractivity contribution in [3.8, 4) is 0 Å². The van der Waals surface area contributed by atoms with Crippen LogP contribution < -0.4 is 5.73 Å². The van der Waals surface area contributed by atoms with Gasteiger partial charge in [0.05, 0.1) is 0 Å². The lowest BCUT2D eigenvalue weighted by Gasteiger charge is -2.12. The van der Waals surface area contributed by atoms with Crippen LogP contribution in [0, 0.1) is 11.8 Å². The van der Waals surface area contributed by atoms with Crippen LogP contribution in [0.15, 0.2) is 43.0 Å². The highest BCUT2D eigenvalue weighted by Crippen LogP contribution is 2.39. The standard InChI is InChI=1S/C16H22N2/c1-3-15-9-10-16(18-15)6-4-5-14(11-17)12(2)13-7-8-13/h3-5,9-10,13-14,18H,1-2,6-8,11,17H2/b5-4-. The maximum absolute atomic E-state index is 5.81. The second-order valence-electron chi connectivity index (χ2n) is 4.97. The van der Waals surface area contributed by atoms with E-state index in [0.29, 0.717) is 12.5 Å². The number of hydrogen-bond acceptors (Lipinski definition) is 1. The zero-order valence-corrected chi connectivity index (χ0v) is 10.9. The summed E-state index contributed by atoms with van der Waals surface area (Å²) in [6.07, 6.45) is 9.71. The van der Waals surface area contributed by atoms with Crippen LogP contribution in [0.4, 0.5) is 0 Å². The number of rotatable bonds is 7. The first-order valence-electron chi connectivity index (χ1n) is 6.60. The molecule has 1 heterocycles. The van der Waals surface area contributed by atoms with Gasteiger partial charge in [0.1, 0.15) is 0 Å². The van der Waals surface area contributed by atoms with Crippen molar-refractivity contribution in [1.29, 1.82) is 0 Å². The lowest BCUT2D eigenvalue weighted by atomic mass is 9.96. The molecule has 0 aliphatic heterocycles. The Hall–Kier alpha value is -1.54. The number of aromatic nitrogens is 1. The predicted octanol–water partition coefficient (Wildman–Crippen LogP) is 3.30. The van der Waals surface area contributed by atoms with Crippen LogP contribution in [0.5, 0.6) is 0 Å². The van der Waals surface area contributed by atoms with Crippen molar-refractivity contribution in [2.24, 2.45) is 17.6 Å². The van der Waals surface area contributed by atoms with E-state index in [9.17, 15) is 0 Å². The minimum atomic E-state index is 0.339. The summed E-state index contributed by atoms with van der Waals surface area (Å²) >= 11 is 0. The third-order valence-electron chi connectivity index (χ3n) is 3.53. The van der Waals surface area contributed by atoms with E-state index in [4.69, 9.17) is 5.73 Å². The summed E-state index contributed by atoms with van der Waals surface area (Å²) in [6.45, 7) is 8.58. The number of nitrogens with one attached hydrogen (secondary N) is 1. The molecule has 1 unspecified atom stereocenters. The first-order valence-corrected chi connectivity index (χ1v) is 6.60. The number of nitrogens with two attached hydrogens (primary N) is 1. The maximum Gasteiger partial charge on any atom is 0.0376 e. The van der Waals surface area contributed by atoms with Gasteiger partial charge in [-0.05, 0) is 37.0 Å². The average Bonchev–Trinajstić information content (AvgIpc) is 3.14. The summed E-state index contributed by atoms with van der Waals surface area (Å²) in [4.78, 5) is 3.30. The molecule has 3 N–H and O–H groups in total. The minimum absolute atomic E-state index is 0.339. The molecule has 1 aromatic heterocycles. The van der Waals surface area contributed by atoms with Gasteiger partial charge in [0.25, 0.3) is 0 Å². The van der Waals surface area contributed by atoms with Gasteiger partial charge < -0.3 is 10.7 Å². The molecule has 1 aliphatic rings. The maximum atomic E-state index is 5.81. The SMILES string of the molecule is C=Cc1ccc(C/C=C\C(CN)C(=C)C2CC2)[nH]1. The molecule has 0 spiro atoms. The second kappa shape index (κ2) is 5.87. The Bertz CT molecular complexity index is 449. The van der Waals surface area contributed by atoms with Gasteiger partial charge in [-0.25, -0.2) is 0 Å². The molecular formula is C16H22N2. The van der Waals surface area contributed by atoms with Gasteiger partial charge in [-0.1, -0.05) is 30.9 Å². The van der Waals surface area contributed by atoms with Crippen molar-refractivity contribution in [2.75, 3.05) is 6.54 Å². The van der Waals surface area contributed by atoms with Crippen LogP contribution in [-0.2, 0) is 6.42 Å². The second-order valence-corrected chi connectivity index (χ2v) is 4.97. The highest BCUT2D eigenvalue weighted by molar-refractivity contribution is 5.42. The van der Waals surface area contributed by atoms with E-state index in [0.717, 1.165) is 18.0 Å². The molecule has 0 bridgehead atoms. The Morgan fingerprint density at radius 1 is 1.50 bits per heavy atom. The van der Waals surface area contributed by atoms with Crippen molar-refractivity contribution < 1.29 is 0 Å². The summed E-state index contributed by atoms with van der Waals surface area (Å²) in [5.41, 5.74) is 9.39. The molecule has 1 saturated carbocycles. The Kier molecular flexibility index (Phi) is 4.21. The highest BCUT2D eigenvalue weighted by atomic mass is 14.7. The van der Waals surface area contributed by atoms with Gasteiger partial charge in [0, 0.05) is 30.3 Å². The van der Waals surface area contributed by atoms with Crippen molar-refractivity contribution in [3.05, 3.63) is 54.4 Å². The van der Waals surface area contributed by atoms with Crippen LogP contribution in [0.3, 0.4) is 0 Å². The molecule has 1 aromatic rings. The Morgan fingerprint density at radius 2 is 2.28 bits per heavy atom. The van der Waals surface area contributed by atoms with Gasteiger partial charge in [0.15, 0.2) is 0 Å². The largest absolute Gasteiger partial charge is 0.359 e. The van der Waals surface area contributed by atoms with E-state index in [1.54, 1.807) is 0 Å². The number of H-pyrrole nitrogens is 1. The zero-order valence-electron chi connectivity index (χ0n) is 10.9. The minimum Gasteiger partial charge on any atom is -0.359 e. The van der Waals surface area contributed by atoms with E-state index in [1.807, 2.05) is 12.1 Å². The molecule has 96 valence electrons. The Balaban J connectivity index is 1.88. The normalized spacial score (nSPS) is 16.9. The summed E-state index contributed by atoms with van der Waals surface area (Å²) in [7, 11) is 0. The van der Waals surface area contributed by atoms with Gasteiger partial charge >= 0.3 is 0 Å². The molecule has 1 fully saturated rings. The smallest absolute Gasteiger partial charge is 0.0376 e. The van der Waals surface area contributed by atoms with Crippen molar-refractivity contribution in [2.45, 2.75) is 19.3 Å². The van der Waals surface area contributed by atoms with Crippen LogP contribution in [0.2, 0.25) is 0 Å². The zero-order chi connectivity index (χ0) is 13.0. The summed E-state index contributed by atoms with van der Waals surface area (Å²) in [5, 5.41) is 0. The van der Waals surface area contributed by atoms with Crippen molar-refractivity contribution in [3.63, 3.8) is 0 Å². The molecule has 2 nitrogen and oxygen atoms in total. The van der Waals surface area contributed by atoms with E-state index in [1.165, 1.54) is 24.1 Å². The van der Waals surface area contributed by atoms with Crippen LogP contribution >= 0.6 is 0 Å². The third kappa shape index (κ3) is 3.23. The van der Waals surface area contributed by atoms with Crippen molar-refractivity contribution >= 4 is 6.08 Å². The lowest BCUT2D eigenvalue weighted by Crippen LogP contribution is -2.15. The van der Waals surface area contributed by atoms with Crippen LogP contribution in [0.25, 0.3) is 6.08 Å². The number of aromatic amines is 1. The van der Waals surface area contributed by atoms with Gasteiger partial charge in [-0.2, -0.15) is 0 Å². The third-order valence-corrected chi connectivity index (χ3v) is 3.53. The highest BCUT2D eigenvalue weighted by Gasteiger charge is 2.27. The molecule has 1 atom stereocenters. The molecule has 1 aliphatic carbocycles. The predicted molar refractivity (Wildman–Crippen MR) is 78.1 cm³/mol. The molecule has 18 heavy (non-hydrogen) atoms. The Labute approximate surface area is 109 Å². The molecule has 0 aromatic carbocycles. The van der Waals surface area contributed by atoms with Gasteiger partial charge in [-0.3, -0.25) is 0 Å². The van der Waals surface area contributed by atoms with E-state index >= 15 is 0 Å². The first kappa shape index (κ1) is 12.9. The Morgan fingerprint density at radius 3 is 2.83 bits per heavy atom. The quantitative estimate of drug-likeness (QED) is 0.708. The fourth-order valence-electron chi connectivity index (χ4n) is 2.17. The van der Waals surface area contributed by atoms with Crippen LogP contribution in [0.1, 0.15) is 24.2 Å². The van der Waals surface area contributed by atoms with Gasteiger partial charge in [-0.15, -0.1) is 0 Å². The molecule has 0 saturated heterocycles. The summed E-state index contributed by atoms with van der Waals surface area (Å²) < 4.78 is 0. The van der Waals surface area contributed by atoms with Crippen molar-refractivity contribution in [1.82, 2.24) is 4.98 Å². The summed E-state index contributed by atoms with van der Waals surface area (Å²) in [6, 6.07) is 4.13. The fourth-order valence-corrected chi connectivity index (χ4v) is 2.17. The van der Waals surface area contributed by atoms with E-state index in [-0.39, 0.29) is 0 Å². The molecule has 0 radical (unpaired) electrons. The number of allylic oxidation sites excluding steroid dienone is 1. The van der Waals surface area contributed by atoms with E-state index < -0.39 is 0 Å². The topological polar surface area (TPSA) is 41.8 Å².